The van der Waals surface area contributed by atoms with E-state index in [0.717, 1.165) is 29.3 Å². The second-order valence-corrected chi connectivity index (χ2v) is 6.88. The van der Waals surface area contributed by atoms with Gasteiger partial charge in [0.1, 0.15) is 0 Å². The molecule has 2 aromatic rings. The van der Waals surface area contributed by atoms with Crippen LogP contribution in [0.2, 0.25) is 0 Å². The molecule has 162 valence electrons. The number of likely N-dealkylation sites (N-methyl/N-ethyl adjacent to an activating group) is 1. The second kappa shape index (κ2) is 11.1. The van der Waals surface area contributed by atoms with Crippen LogP contribution in [-0.4, -0.2) is 55.5 Å². The second-order valence-electron chi connectivity index (χ2n) is 6.88. The van der Waals surface area contributed by atoms with Gasteiger partial charge in [0.2, 0.25) is 5.91 Å². The van der Waals surface area contributed by atoms with Crippen LogP contribution in [-0.2, 0) is 17.6 Å². The van der Waals surface area contributed by atoms with Gasteiger partial charge in [-0.15, -0.1) is 0 Å². The van der Waals surface area contributed by atoms with Crippen LogP contribution in [0.25, 0.3) is 0 Å². The predicted octanol–water partition coefficient (Wildman–Crippen LogP) is 1.22. The molecule has 2 amide bonds. The molecular weight excluding hydrogens is 382 g/mol. The van der Waals surface area contributed by atoms with Crippen LogP contribution in [0.3, 0.4) is 0 Å². The highest BCUT2D eigenvalue weighted by Gasteiger charge is 2.19. The summed E-state index contributed by atoms with van der Waals surface area (Å²) in [5, 5.41) is 8.85. The summed E-state index contributed by atoms with van der Waals surface area (Å²) in [6.07, 6.45) is 1.32. The minimum Gasteiger partial charge on any atom is -0.364 e. The number of hydrogen-bond acceptors (Lipinski definition) is 7. The Morgan fingerprint density at radius 2 is 1.97 bits per heavy atom. The number of hydrogen-bond donors (Lipinski definition) is 4. The molecule has 5 N–H and O–H groups in total. The number of rotatable bonds is 11. The highest BCUT2D eigenvalue weighted by molar-refractivity contribution is 5.96. The number of nitrogens with zero attached hydrogens (tertiary/aromatic N) is 3. The van der Waals surface area contributed by atoms with E-state index in [1.165, 1.54) is 0 Å². The lowest BCUT2D eigenvalue weighted by Crippen LogP contribution is -2.33. The van der Waals surface area contributed by atoms with Crippen molar-refractivity contribution >= 4 is 29.1 Å². The topological polar surface area (TPSA) is 125 Å². The fraction of sp³-hybridized carbons (Fsp3) is 0.429. The fourth-order valence-electron chi connectivity index (χ4n) is 2.92. The summed E-state index contributed by atoms with van der Waals surface area (Å²) in [7, 11) is 3.66. The smallest absolute Gasteiger partial charge is 0.271 e. The SMILES string of the molecule is CCc1nc(C(N)=O)c(Nc2cccc(CCNC(=O)CNC)c2)nc1N(C)CC. The minimum absolute atomic E-state index is 0.0447. The maximum absolute atomic E-state index is 12.0. The van der Waals surface area contributed by atoms with Crippen LogP contribution in [0.4, 0.5) is 17.3 Å². The zero-order chi connectivity index (χ0) is 22.1. The lowest BCUT2D eigenvalue weighted by molar-refractivity contribution is -0.120. The van der Waals surface area contributed by atoms with E-state index in [2.05, 4.69) is 25.9 Å². The number of anilines is 3. The Morgan fingerprint density at radius 3 is 2.60 bits per heavy atom. The molecule has 0 radical (unpaired) electrons. The Balaban J connectivity index is 2.24. The molecule has 0 saturated carbocycles. The molecule has 9 heteroatoms. The Hall–Kier alpha value is -3.20. The predicted molar refractivity (Wildman–Crippen MR) is 119 cm³/mol. The van der Waals surface area contributed by atoms with Gasteiger partial charge in [-0.2, -0.15) is 0 Å². The largest absolute Gasteiger partial charge is 0.364 e. The van der Waals surface area contributed by atoms with Crippen LogP contribution in [0.5, 0.6) is 0 Å². The third-order valence-electron chi connectivity index (χ3n) is 4.61. The lowest BCUT2D eigenvalue weighted by atomic mass is 10.1. The van der Waals surface area contributed by atoms with Gasteiger partial charge in [0.15, 0.2) is 17.3 Å². The quantitative estimate of drug-likeness (QED) is 0.436. The van der Waals surface area contributed by atoms with Gasteiger partial charge in [-0.3, -0.25) is 9.59 Å². The summed E-state index contributed by atoms with van der Waals surface area (Å²) < 4.78 is 0. The first-order valence-corrected chi connectivity index (χ1v) is 10.1. The first-order chi connectivity index (χ1) is 14.4. The van der Waals surface area contributed by atoms with Gasteiger partial charge in [0, 0.05) is 25.8 Å². The number of carbonyl (C=O) groups excluding carboxylic acids is 2. The molecule has 0 bridgehead atoms. The monoisotopic (exact) mass is 413 g/mol. The Bertz CT molecular complexity index is 886. The molecule has 1 heterocycles. The standard InChI is InChI=1S/C21H31N7O2/c1-5-16-21(28(4)6-2)27-20(18(26-16)19(22)30)25-15-9-7-8-14(12-15)10-11-24-17(29)13-23-3/h7-9,12,23H,5-6,10-11,13H2,1-4H3,(H2,22,30)(H,24,29)(H,25,27). The Morgan fingerprint density at radius 1 is 1.20 bits per heavy atom. The molecule has 9 nitrogen and oxygen atoms in total. The molecule has 0 saturated heterocycles. The van der Waals surface area contributed by atoms with Crippen LogP contribution in [0, 0.1) is 0 Å². The van der Waals surface area contributed by atoms with Gasteiger partial charge < -0.3 is 26.6 Å². The van der Waals surface area contributed by atoms with E-state index in [0.29, 0.717) is 31.7 Å². The molecule has 1 aromatic heterocycles. The third-order valence-corrected chi connectivity index (χ3v) is 4.61. The van der Waals surface area contributed by atoms with E-state index >= 15 is 0 Å². The van der Waals surface area contributed by atoms with Crippen molar-refractivity contribution in [2.75, 3.05) is 43.9 Å². The number of nitrogens with two attached hydrogens (primary N) is 1. The number of amides is 2. The Labute approximate surface area is 177 Å². The van der Waals surface area contributed by atoms with E-state index in [1.54, 1.807) is 7.05 Å². The van der Waals surface area contributed by atoms with Crippen molar-refractivity contribution in [3.05, 3.63) is 41.2 Å². The maximum Gasteiger partial charge on any atom is 0.271 e. The molecule has 0 atom stereocenters. The number of aromatic nitrogens is 2. The lowest BCUT2D eigenvalue weighted by Gasteiger charge is -2.21. The van der Waals surface area contributed by atoms with Crippen LogP contribution in [0.1, 0.15) is 35.6 Å². The van der Waals surface area contributed by atoms with E-state index in [1.807, 2.05) is 50.1 Å². The maximum atomic E-state index is 12.0. The number of aryl methyl sites for hydroxylation is 1. The first-order valence-electron chi connectivity index (χ1n) is 10.1. The summed E-state index contributed by atoms with van der Waals surface area (Å²) in [4.78, 5) is 34.6. The third kappa shape index (κ3) is 6.15. The highest BCUT2D eigenvalue weighted by Crippen LogP contribution is 2.24. The van der Waals surface area contributed by atoms with Gasteiger partial charge in [-0.25, -0.2) is 9.97 Å². The fourth-order valence-corrected chi connectivity index (χ4v) is 2.92. The van der Waals surface area contributed by atoms with Gasteiger partial charge in [-0.05, 0) is 44.5 Å². The number of carbonyl (C=O) groups is 2. The molecule has 0 unspecified atom stereocenters. The molecular formula is C21H31N7O2. The average molecular weight is 414 g/mol. The van der Waals surface area contributed by atoms with Crippen molar-refractivity contribution in [3.63, 3.8) is 0 Å². The van der Waals surface area contributed by atoms with Crippen molar-refractivity contribution in [1.29, 1.82) is 0 Å². The molecule has 0 spiro atoms. The average Bonchev–Trinajstić information content (AvgIpc) is 2.73. The first kappa shape index (κ1) is 23.1. The van der Waals surface area contributed by atoms with Crippen LogP contribution in [0.15, 0.2) is 24.3 Å². The van der Waals surface area contributed by atoms with E-state index in [9.17, 15) is 9.59 Å². The number of primary amides is 1. The van der Waals surface area contributed by atoms with E-state index < -0.39 is 5.91 Å². The van der Waals surface area contributed by atoms with Gasteiger partial charge >= 0.3 is 0 Å². The van der Waals surface area contributed by atoms with Crippen molar-refractivity contribution < 1.29 is 9.59 Å². The molecule has 30 heavy (non-hydrogen) atoms. The van der Waals surface area contributed by atoms with Crippen LogP contribution >= 0.6 is 0 Å². The highest BCUT2D eigenvalue weighted by atomic mass is 16.2. The van der Waals surface area contributed by atoms with Crippen molar-refractivity contribution in [3.8, 4) is 0 Å². The van der Waals surface area contributed by atoms with Gasteiger partial charge in [0.25, 0.3) is 5.91 Å². The number of benzene rings is 1. The van der Waals surface area contributed by atoms with Crippen molar-refractivity contribution in [2.45, 2.75) is 26.7 Å². The van der Waals surface area contributed by atoms with E-state index in [4.69, 9.17) is 5.73 Å². The normalized spacial score (nSPS) is 10.5. The van der Waals surface area contributed by atoms with Crippen molar-refractivity contribution in [1.82, 2.24) is 20.6 Å². The number of nitrogens with one attached hydrogen (secondary N) is 3. The minimum atomic E-state index is -0.631. The summed E-state index contributed by atoms with van der Waals surface area (Å²) in [5.41, 5.74) is 8.20. The van der Waals surface area contributed by atoms with Crippen LogP contribution < -0.4 is 26.6 Å². The molecule has 0 aliphatic carbocycles. The summed E-state index contributed by atoms with van der Waals surface area (Å²) in [6.45, 7) is 5.57. The summed E-state index contributed by atoms with van der Waals surface area (Å²) in [5.74, 6) is 0.371. The zero-order valence-electron chi connectivity index (χ0n) is 18.1. The molecule has 1 aromatic carbocycles. The Kier molecular flexibility index (Phi) is 8.54. The molecule has 0 fully saturated rings. The molecule has 2 rings (SSSR count). The van der Waals surface area contributed by atoms with Gasteiger partial charge in [0.05, 0.1) is 12.2 Å². The molecule has 0 aliphatic heterocycles. The van der Waals surface area contributed by atoms with Gasteiger partial charge in [-0.1, -0.05) is 19.1 Å². The summed E-state index contributed by atoms with van der Waals surface area (Å²) in [6, 6.07) is 7.72. The van der Waals surface area contributed by atoms with E-state index in [-0.39, 0.29) is 11.6 Å². The molecule has 0 aliphatic rings. The van der Waals surface area contributed by atoms with Crippen molar-refractivity contribution in [2.24, 2.45) is 5.73 Å². The summed E-state index contributed by atoms with van der Waals surface area (Å²) >= 11 is 0. The zero-order valence-corrected chi connectivity index (χ0v) is 18.1.